The van der Waals surface area contributed by atoms with Crippen LogP contribution in [-0.4, -0.2) is 39.5 Å². The van der Waals surface area contributed by atoms with E-state index in [0.717, 1.165) is 0 Å². The molecule has 126 valence electrons. The maximum absolute atomic E-state index is 12.6. The number of hydrogen-bond acceptors (Lipinski definition) is 5. The second-order valence-corrected chi connectivity index (χ2v) is 6.10. The third-order valence-electron chi connectivity index (χ3n) is 3.04. The van der Waals surface area contributed by atoms with Crippen LogP contribution in [0, 0.1) is 0 Å². The van der Waals surface area contributed by atoms with Gasteiger partial charge in [0, 0.05) is 11.9 Å². The first kappa shape index (κ1) is 17.4. The van der Waals surface area contributed by atoms with E-state index in [1.54, 1.807) is 45.0 Å². The minimum Gasteiger partial charge on any atom is -0.476 e. The molecular weight excluding hydrogens is 310 g/mol. The molecular formula is C17H19N3O4. The molecule has 24 heavy (non-hydrogen) atoms. The molecule has 7 heteroatoms. The lowest BCUT2D eigenvalue weighted by Gasteiger charge is -2.27. The molecule has 0 spiro atoms. The summed E-state index contributed by atoms with van der Waals surface area (Å²) in [5.74, 6) is -1.28. The second kappa shape index (κ2) is 6.66. The number of hydrogen-bond donors (Lipinski definition) is 1. The lowest BCUT2D eigenvalue weighted by molar-refractivity contribution is 0.0584. The first-order valence-corrected chi connectivity index (χ1v) is 7.34. The van der Waals surface area contributed by atoms with Gasteiger partial charge < -0.3 is 9.84 Å². The van der Waals surface area contributed by atoms with Gasteiger partial charge >= 0.3 is 12.1 Å². The van der Waals surface area contributed by atoms with E-state index in [2.05, 4.69) is 16.8 Å². The minimum atomic E-state index is -1.28. The number of carbonyl (C=O) groups excluding carboxylic acids is 1. The molecule has 2 aromatic rings. The van der Waals surface area contributed by atoms with Gasteiger partial charge in [-0.25, -0.2) is 9.59 Å². The highest BCUT2D eigenvalue weighted by atomic mass is 16.6. The van der Waals surface area contributed by atoms with Crippen molar-refractivity contribution >= 4 is 28.7 Å². The van der Waals surface area contributed by atoms with Crippen molar-refractivity contribution in [3.8, 4) is 0 Å². The van der Waals surface area contributed by atoms with Crippen LogP contribution in [0.15, 0.2) is 36.9 Å². The smallest absolute Gasteiger partial charge is 0.415 e. The van der Waals surface area contributed by atoms with E-state index in [9.17, 15) is 14.7 Å². The average molecular weight is 329 g/mol. The van der Waals surface area contributed by atoms with Crippen molar-refractivity contribution in [2.75, 3.05) is 11.4 Å². The van der Waals surface area contributed by atoms with Gasteiger partial charge in [0.1, 0.15) is 5.60 Å². The molecule has 0 unspecified atom stereocenters. The quantitative estimate of drug-likeness (QED) is 0.866. The van der Waals surface area contributed by atoms with Crippen molar-refractivity contribution in [1.29, 1.82) is 0 Å². The van der Waals surface area contributed by atoms with Gasteiger partial charge in [0.15, 0.2) is 5.69 Å². The molecule has 1 N–H and O–H groups in total. The molecule has 1 aromatic carbocycles. The number of aromatic nitrogens is 2. The number of anilines is 1. The molecule has 2 rings (SSSR count). The zero-order valence-electron chi connectivity index (χ0n) is 13.8. The Bertz CT molecular complexity index is 796. The number of ether oxygens (including phenoxy) is 1. The van der Waals surface area contributed by atoms with Crippen molar-refractivity contribution in [3.05, 3.63) is 42.6 Å². The number of fused-ring (bicyclic) bond motifs is 1. The van der Waals surface area contributed by atoms with E-state index >= 15 is 0 Å². The van der Waals surface area contributed by atoms with Crippen molar-refractivity contribution in [3.63, 3.8) is 0 Å². The Balaban J connectivity index is 2.68. The number of rotatable bonds is 4. The van der Waals surface area contributed by atoms with Gasteiger partial charge in [-0.15, -0.1) is 16.8 Å². The third kappa shape index (κ3) is 3.68. The molecule has 0 aliphatic rings. The number of carbonyl (C=O) groups is 2. The summed E-state index contributed by atoms with van der Waals surface area (Å²) in [7, 11) is 0. The molecule has 0 saturated heterocycles. The zero-order valence-corrected chi connectivity index (χ0v) is 13.8. The predicted octanol–water partition coefficient (Wildman–Crippen LogP) is 3.26. The monoisotopic (exact) mass is 329 g/mol. The van der Waals surface area contributed by atoms with Crippen LogP contribution in [0.3, 0.4) is 0 Å². The van der Waals surface area contributed by atoms with E-state index in [0.29, 0.717) is 10.9 Å². The maximum atomic E-state index is 12.6. The average Bonchev–Trinajstić information content (AvgIpc) is 2.49. The molecule has 0 radical (unpaired) electrons. The van der Waals surface area contributed by atoms with Gasteiger partial charge in [-0.3, -0.25) is 4.90 Å². The number of carboxylic acid groups (broad SMARTS) is 1. The third-order valence-corrected chi connectivity index (χ3v) is 3.04. The Labute approximate surface area is 139 Å². The maximum Gasteiger partial charge on any atom is 0.415 e. The SMILES string of the molecule is C=CCN(C(=O)OC(C)(C)C)c1c(C(=O)O)nnc2ccccc12. The van der Waals surface area contributed by atoms with Crippen LogP contribution in [0.2, 0.25) is 0 Å². The van der Waals surface area contributed by atoms with E-state index in [4.69, 9.17) is 4.74 Å². The van der Waals surface area contributed by atoms with Crippen molar-refractivity contribution in [1.82, 2.24) is 10.2 Å². The van der Waals surface area contributed by atoms with Crippen LogP contribution in [0.1, 0.15) is 31.3 Å². The number of amides is 1. The highest BCUT2D eigenvalue weighted by Gasteiger charge is 2.29. The highest BCUT2D eigenvalue weighted by molar-refractivity contribution is 6.08. The van der Waals surface area contributed by atoms with Gasteiger partial charge in [-0.2, -0.15) is 0 Å². The summed E-state index contributed by atoms with van der Waals surface area (Å²) in [6.07, 6.45) is 0.813. The molecule has 0 atom stereocenters. The van der Waals surface area contributed by atoms with E-state index < -0.39 is 17.7 Å². The van der Waals surface area contributed by atoms with E-state index in [1.807, 2.05) is 0 Å². The van der Waals surface area contributed by atoms with Crippen LogP contribution in [-0.2, 0) is 4.74 Å². The van der Waals surface area contributed by atoms with E-state index in [-0.39, 0.29) is 17.9 Å². The Morgan fingerprint density at radius 3 is 2.54 bits per heavy atom. The van der Waals surface area contributed by atoms with Crippen molar-refractivity contribution < 1.29 is 19.4 Å². The zero-order chi connectivity index (χ0) is 17.9. The fourth-order valence-electron chi connectivity index (χ4n) is 2.16. The van der Waals surface area contributed by atoms with Crippen molar-refractivity contribution in [2.45, 2.75) is 26.4 Å². The predicted molar refractivity (Wildman–Crippen MR) is 90.3 cm³/mol. The number of carboxylic acids is 1. The topological polar surface area (TPSA) is 92.6 Å². The largest absolute Gasteiger partial charge is 0.476 e. The minimum absolute atomic E-state index is 0.0743. The lowest BCUT2D eigenvalue weighted by Crippen LogP contribution is -2.38. The molecule has 0 aliphatic heterocycles. The molecule has 1 heterocycles. The normalized spacial score (nSPS) is 11.1. The lowest BCUT2D eigenvalue weighted by atomic mass is 10.1. The summed E-state index contributed by atoms with van der Waals surface area (Å²) < 4.78 is 5.39. The van der Waals surface area contributed by atoms with Crippen molar-refractivity contribution in [2.24, 2.45) is 0 Å². The molecule has 0 fully saturated rings. The van der Waals surface area contributed by atoms with Crippen LogP contribution < -0.4 is 4.90 Å². The molecule has 7 nitrogen and oxygen atoms in total. The Morgan fingerprint density at radius 1 is 1.29 bits per heavy atom. The fraction of sp³-hybridized carbons (Fsp3) is 0.294. The Hall–Kier alpha value is -2.96. The summed E-state index contributed by atoms with van der Waals surface area (Å²) in [6, 6.07) is 6.87. The summed E-state index contributed by atoms with van der Waals surface area (Å²) >= 11 is 0. The fourth-order valence-corrected chi connectivity index (χ4v) is 2.16. The highest BCUT2D eigenvalue weighted by Crippen LogP contribution is 2.29. The summed E-state index contributed by atoms with van der Waals surface area (Å²) in [6.45, 7) is 8.90. The summed E-state index contributed by atoms with van der Waals surface area (Å²) in [5.41, 5.74) is -0.422. The van der Waals surface area contributed by atoms with Gasteiger partial charge in [-0.05, 0) is 26.8 Å². The van der Waals surface area contributed by atoms with Gasteiger partial charge in [0.25, 0.3) is 0 Å². The Kier molecular flexibility index (Phi) is 4.82. The number of benzene rings is 1. The van der Waals surface area contributed by atoms with E-state index in [1.165, 1.54) is 11.0 Å². The standard InChI is InChI=1S/C17H19N3O4/c1-5-10-20(16(23)24-17(2,3)4)14-11-8-6-7-9-12(11)18-19-13(14)15(21)22/h5-9H,1,10H2,2-4H3,(H,21,22). The first-order chi connectivity index (χ1) is 11.2. The molecule has 1 aromatic heterocycles. The molecule has 0 bridgehead atoms. The van der Waals surface area contributed by atoms with Crippen LogP contribution in [0.5, 0.6) is 0 Å². The number of nitrogens with zero attached hydrogens (tertiary/aromatic N) is 3. The van der Waals surface area contributed by atoms with Gasteiger partial charge in [-0.1, -0.05) is 24.3 Å². The molecule has 1 amide bonds. The number of aromatic carboxylic acids is 1. The summed E-state index contributed by atoms with van der Waals surface area (Å²) in [5, 5.41) is 17.6. The summed E-state index contributed by atoms with van der Waals surface area (Å²) in [4.78, 5) is 25.4. The molecule has 0 saturated carbocycles. The van der Waals surface area contributed by atoms with Crippen LogP contribution >= 0.6 is 0 Å². The van der Waals surface area contributed by atoms with Crippen LogP contribution in [0.4, 0.5) is 10.5 Å². The molecule has 0 aliphatic carbocycles. The second-order valence-electron chi connectivity index (χ2n) is 6.10. The van der Waals surface area contributed by atoms with Gasteiger partial charge in [0.05, 0.1) is 11.2 Å². The first-order valence-electron chi connectivity index (χ1n) is 7.34. The van der Waals surface area contributed by atoms with Gasteiger partial charge in [0.2, 0.25) is 0 Å². The Morgan fingerprint density at radius 2 is 1.96 bits per heavy atom. The van der Waals surface area contributed by atoms with Crippen LogP contribution in [0.25, 0.3) is 10.9 Å².